The lowest BCUT2D eigenvalue weighted by molar-refractivity contribution is 0.0915. The van der Waals surface area contributed by atoms with Crippen molar-refractivity contribution in [1.29, 1.82) is 0 Å². The molecule has 1 fully saturated rings. The Kier molecular flexibility index (Phi) is 5.72. The van der Waals surface area contributed by atoms with Crippen LogP contribution in [0.5, 0.6) is 0 Å². The van der Waals surface area contributed by atoms with Crippen LogP contribution in [-0.4, -0.2) is 41.5 Å². The lowest BCUT2D eigenvalue weighted by Crippen LogP contribution is -2.46. The summed E-state index contributed by atoms with van der Waals surface area (Å²) in [6, 6.07) is 5.90. The maximum atomic E-state index is 12.2. The molecule has 1 saturated heterocycles. The molecule has 0 aliphatic carbocycles. The average molecular weight is 370 g/mol. The molecule has 0 aromatic heterocycles. The zero-order valence-corrected chi connectivity index (χ0v) is 14.5. The molecule has 0 radical (unpaired) electrons. The number of carbonyl (C=O) groups is 1. The topological polar surface area (TPSA) is 58.4 Å². The van der Waals surface area contributed by atoms with Gasteiger partial charge in [0.25, 0.3) is 5.91 Å². The van der Waals surface area contributed by atoms with Gasteiger partial charge in [-0.1, -0.05) is 34.2 Å². The monoisotopic (exact) mass is 369 g/mol. The molecule has 0 bridgehead atoms. The van der Waals surface area contributed by atoms with Crippen LogP contribution in [-0.2, 0) is 0 Å². The van der Waals surface area contributed by atoms with Crippen LogP contribution in [0, 0.1) is 6.92 Å². The number of aryl methyl sites for hydroxylation is 1. The van der Waals surface area contributed by atoms with Crippen molar-refractivity contribution in [3.05, 3.63) is 33.8 Å². The number of nitrogens with zero attached hydrogens (tertiary/aromatic N) is 1. The molecular weight excluding hydrogens is 350 g/mol. The number of rotatable bonds is 4. The van der Waals surface area contributed by atoms with Crippen molar-refractivity contribution in [3.8, 4) is 0 Å². The molecule has 1 aromatic carbocycles. The van der Waals surface area contributed by atoms with E-state index >= 15 is 0 Å². The number of amides is 1. The first-order valence-corrected chi connectivity index (χ1v) is 8.23. The van der Waals surface area contributed by atoms with Crippen molar-refractivity contribution >= 4 is 39.0 Å². The molecule has 0 saturated carbocycles. The molecule has 114 valence electrons. The highest BCUT2D eigenvalue weighted by Crippen LogP contribution is 2.18. The van der Waals surface area contributed by atoms with Gasteiger partial charge in [-0.25, -0.2) is 0 Å². The maximum absolute atomic E-state index is 12.2. The minimum absolute atomic E-state index is 0.0107. The molecule has 0 spiro atoms. The van der Waals surface area contributed by atoms with Crippen LogP contribution in [0.3, 0.4) is 0 Å². The van der Waals surface area contributed by atoms with Gasteiger partial charge in [-0.05, 0) is 37.5 Å². The van der Waals surface area contributed by atoms with Crippen LogP contribution in [0.25, 0.3) is 0 Å². The minimum atomic E-state index is -0.0107. The third-order valence-corrected chi connectivity index (χ3v) is 4.72. The van der Waals surface area contributed by atoms with Crippen molar-refractivity contribution < 1.29 is 4.79 Å². The summed E-state index contributed by atoms with van der Waals surface area (Å²) in [4.78, 5) is 15.0. The van der Waals surface area contributed by atoms with Gasteiger partial charge in [0, 0.05) is 35.7 Å². The van der Waals surface area contributed by atoms with Crippen molar-refractivity contribution in [2.75, 3.05) is 19.6 Å². The Morgan fingerprint density at radius 3 is 2.71 bits per heavy atom. The standard InChI is InChI=1S/C15H20BrN3OS/c1-10-2-3-11(8-13(10)16)15(20)18-12-4-6-19(7-5-12)9-14(17)21/h2-3,8,12H,4-7,9H2,1H3,(H2,17,21)(H,18,20). The van der Waals surface area contributed by atoms with Crippen LogP contribution in [0.15, 0.2) is 22.7 Å². The first-order chi connectivity index (χ1) is 9.95. The van der Waals surface area contributed by atoms with E-state index in [0.717, 1.165) is 36.0 Å². The SMILES string of the molecule is Cc1ccc(C(=O)NC2CCN(CC(N)=S)CC2)cc1Br. The van der Waals surface area contributed by atoms with E-state index < -0.39 is 0 Å². The van der Waals surface area contributed by atoms with E-state index in [4.69, 9.17) is 18.0 Å². The highest BCUT2D eigenvalue weighted by atomic mass is 79.9. The summed E-state index contributed by atoms with van der Waals surface area (Å²) in [5.74, 6) is -0.0107. The van der Waals surface area contributed by atoms with Crippen molar-refractivity contribution in [3.63, 3.8) is 0 Å². The summed E-state index contributed by atoms with van der Waals surface area (Å²) in [6.07, 6.45) is 1.86. The normalized spacial score (nSPS) is 16.7. The van der Waals surface area contributed by atoms with E-state index in [1.54, 1.807) is 0 Å². The summed E-state index contributed by atoms with van der Waals surface area (Å²) < 4.78 is 0.960. The van der Waals surface area contributed by atoms with Gasteiger partial charge in [-0.2, -0.15) is 0 Å². The molecule has 1 heterocycles. The Hall–Kier alpha value is -0.980. The minimum Gasteiger partial charge on any atom is -0.392 e. The van der Waals surface area contributed by atoms with Crippen LogP contribution in [0.2, 0.25) is 0 Å². The highest BCUT2D eigenvalue weighted by molar-refractivity contribution is 9.10. The fourth-order valence-electron chi connectivity index (χ4n) is 2.46. The Bertz CT molecular complexity index is 542. The zero-order chi connectivity index (χ0) is 15.4. The average Bonchev–Trinajstić information content (AvgIpc) is 2.43. The second-order valence-corrected chi connectivity index (χ2v) is 6.83. The van der Waals surface area contributed by atoms with Crippen LogP contribution in [0.4, 0.5) is 0 Å². The molecular formula is C15H20BrN3OS. The second kappa shape index (κ2) is 7.33. The number of likely N-dealkylation sites (tertiary alicyclic amines) is 1. The molecule has 21 heavy (non-hydrogen) atoms. The molecule has 0 atom stereocenters. The van der Waals surface area contributed by atoms with E-state index in [-0.39, 0.29) is 11.9 Å². The number of nitrogens with two attached hydrogens (primary N) is 1. The summed E-state index contributed by atoms with van der Waals surface area (Å²) in [7, 11) is 0. The molecule has 0 unspecified atom stereocenters. The molecule has 1 aliphatic rings. The fourth-order valence-corrected chi connectivity index (χ4v) is 3.02. The first kappa shape index (κ1) is 16.4. The smallest absolute Gasteiger partial charge is 0.251 e. The molecule has 3 N–H and O–H groups in total. The Balaban J connectivity index is 1.86. The van der Waals surface area contributed by atoms with E-state index in [9.17, 15) is 4.79 Å². The Labute approximate surface area is 139 Å². The number of nitrogens with one attached hydrogen (secondary N) is 1. The number of carbonyl (C=O) groups excluding carboxylic acids is 1. The highest BCUT2D eigenvalue weighted by Gasteiger charge is 2.21. The second-order valence-electron chi connectivity index (χ2n) is 5.45. The summed E-state index contributed by atoms with van der Waals surface area (Å²) in [5, 5.41) is 3.11. The molecule has 1 aromatic rings. The van der Waals surface area contributed by atoms with E-state index in [0.29, 0.717) is 17.1 Å². The molecule has 2 rings (SSSR count). The molecule has 4 nitrogen and oxygen atoms in total. The van der Waals surface area contributed by atoms with Gasteiger partial charge in [-0.15, -0.1) is 0 Å². The van der Waals surface area contributed by atoms with E-state index in [1.807, 2.05) is 25.1 Å². The van der Waals surface area contributed by atoms with Crippen LogP contribution >= 0.6 is 28.1 Å². The van der Waals surface area contributed by atoms with Crippen LogP contribution in [0.1, 0.15) is 28.8 Å². The lowest BCUT2D eigenvalue weighted by Gasteiger charge is -2.32. The van der Waals surface area contributed by atoms with E-state index in [2.05, 4.69) is 26.1 Å². The number of hydrogen-bond acceptors (Lipinski definition) is 3. The van der Waals surface area contributed by atoms with Gasteiger partial charge in [0.05, 0.1) is 4.99 Å². The summed E-state index contributed by atoms with van der Waals surface area (Å²) in [6.45, 7) is 4.50. The van der Waals surface area contributed by atoms with E-state index in [1.165, 1.54) is 0 Å². The third kappa shape index (κ3) is 4.76. The fraction of sp³-hybridized carbons (Fsp3) is 0.467. The van der Waals surface area contributed by atoms with Gasteiger partial charge in [0.2, 0.25) is 0 Å². The lowest BCUT2D eigenvalue weighted by atomic mass is 10.0. The number of piperidine rings is 1. The van der Waals surface area contributed by atoms with Crippen molar-refractivity contribution in [2.24, 2.45) is 5.73 Å². The summed E-state index contributed by atoms with van der Waals surface area (Å²) >= 11 is 8.38. The largest absolute Gasteiger partial charge is 0.392 e. The number of hydrogen-bond donors (Lipinski definition) is 2. The molecule has 6 heteroatoms. The van der Waals surface area contributed by atoms with Gasteiger partial charge < -0.3 is 11.1 Å². The van der Waals surface area contributed by atoms with Crippen molar-refractivity contribution in [2.45, 2.75) is 25.8 Å². The molecule has 1 amide bonds. The van der Waals surface area contributed by atoms with Gasteiger partial charge in [0.15, 0.2) is 0 Å². The predicted molar refractivity (Wildman–Crippen MR) is 92.6 cm³/mol. The quantitative estimate of drug-likeness (QED) is 0.799. The maximum Gasteiger partial charge on any atom is 0.251 e. The number of halogens is 1. The Morgan fingerprint density at radius 1 is 1.48 bits per heavy atom. The summed E-state index contributed by atoms with van der Waals surface area (Å²) in [5.41, 5.74) is 7.37. The number of thiocarbonyl (C=S) groups is 1. The Morgan fingerprint density at radius 2 is 2.14 bits per heavy atom. The van der Waals surface area contributed by atoms with Crippen LogP contribution < -0.4 is 11.1 Å². The third-order valence-electron chi connectivity index (χ3n) is 3.74. The first-order valence-electron chi connectivity index (χ1n) is 7.03. The van der Waals surface area contributed by atoms with Gasteiger partial charge in [0.1, 0.15) is 0 Å². The zero-order valence-electron chi connectivity index (χ0n) is 12.1. The van der Waals surface area contributed by atoms with Crippen molar-refractivity contribution in [1.82, 2.24) is 10.2 Å². The number of benzene rings is 1. The predicted octanol–water partition coefficient (Wildman–Crippen LogP) is 2.24. The molecule has 1 aliphatic heterocycles. The van der Waals surface area contributed by atoms with Gasteiger partial charge in [-0.3, -0.25) is 9.69 Å². The van der Waals surface area contributed by atoms with Gasteiger partial charge >= 0.3 is 0 Å².